The lowest BCUT2D eigenvalue weighted by molar-refractivity contribution is 0.0858. The molecule has 102 valence electrons. The number of nitrogens with one attached hydrogen (secondary N) is 1. The second-order valence-electron chi connectivity index (χ2n) is 4.69. The van der Waals surface area contributed by atoms with Gasteiger partial charge >= 0.3 is 0 Å². The predicted molar refractivity (Wildman–Crippen MR) is 78.2 cm³/mol. The van der Waals surface area contributed by atoms with Crippen LogP contribution in [0.5, 0.6) is 0 Å². The molecule has 1 aliphatic heterocycles. The number of rotatable bonds is 5. The largest absolute Gasteiger partial charge is 0.393 e. The summed E-state index contributed by atoms with van der Waals surface area (Å²) in [4.78, 5) is 12.4. The summed E-state index contributed by atoms with van der Waals surface area (Å²) in [6.07, 6.45) is 2.83. The molecule has 1 aromatic rings. The van der Waals surface area contributed by atoms with Crippen molar-refractivity contribution in [3.05, 3.63) is 35.4 Å². The summed E-state index contributed by atoms with van der Waals surface area (Å²) >= 11 is 4.85. The Morgan fingerprint density at radius 3 is 2.74 bits per heavy atom. The molecular weight excluding hydrogens is 260 g/mol. The molecule has 1 atom stereocenters. The molecule has 0 saturated carbocycles. The Balaban J connectivity index is 1.86. The smallest absolute Gasteiger partial charge is 0.251 e. The third kappa shape index (κ3) is 4.29. The molecule has 3 N–H and O–H groups in total. The van der Waals surface area contributed by atoms with Crippen LogP contribution in [0.2, 0.25) is 0 Å². The second-order valence-corrected chi connectivity index (χ2v) is 5.21. The van der Waals surface area contributed by atoms with Gasteiger partial charge in [0.05, 0.1) is 11.1 Å². The van der Waals surface area contributed by atoms with Gasteiger partial charge in [0.25, 0.3) is 5.91 Å². The van der Waals surface area contributed by atoms with E-state index in [0.29, 0.717) is 23.5 Å². The van der Waals surface area contributed by atoms with Gasteiger partial charge in [0.1, 0.15) is 0 Å². The highest BCUT2D eigenvalue weighted by molar-refractivity contribution is 7.80. The molecule has 0 bridgehead atoms. The average molecular weight is 278 g/mol. The van der Waals surface area contributed by atoms with E-state index in [1.807, 2.05) is 12.1 Å². The zero-order chi connectivity index (χ0) is 13.7. The van der Waals surface area contributed by atoms with Crippen LogP contribution in [0.1, 0.15) is 28.8 Å². The Bertz CT molecular complexity index is 453. The summed E-state index contributed by atoms with van der Waals surface area (Å²) in [6.45, 7) is 1.38. The average Bonchev–Trinajstić information content (AvgIpc) is 2.89. The highest BCUT2D eigenvalue weighted by Gasteiger charge is 2.16. The molecule has 1 amide bonds. The van der Waals surface area contributed by atoms with Gasteiger partial charge < -0.3 is 15.8 Å². The summed E-state index contributed by atoms with van der Waals surface area (Å²) in [7, 11) is 0. The van der Waals surface area contributed by atoms with Crippen molar-refractivity contribution in [1.82, 2.24) is 5.32 Å². The topological polar surface area (TPSA) is 64.4 Å². The van der Waals surface area contributed by atoms with E-state index in [1.54, 1.807) is 12.1 Å². The Kier molecular flexibility index (Phi) is 4.87. The van der Waals surface area contributed by atoms with Crippen LogP contribution < -0.4 is 11.1 Å². The van der Waals surface area contributed by atoms with Crippen molar-refractivity contribution in [1.29, 1.82) is 0 Å². The van der Waals surface area contributed by atoms with Crippen LogP contribution >= 0.6 is 12.2 Å². The lowest BCUT2D eigenvalue weighted by atomic mass is 10.1. The first-order valence-electron chi connectivity index (χ1n) is 6.42. The van der Waals surface area contributed by atoms with Crippen molar-refractivity contribution in [3.8, 4) is 0 Å². The Hall–Kier alpha value is -1.46. The third-order valence-electron chi connectivity index (χ3n) is 3.11. The van der Waals surface area contributed by atoms with E-state index < -0.39 is 0 Å². The number of amides is 1. The normalized spacial score (nSPS) is 18.2. The van der Waals surface area contributed by atoms with Crippen LogP contribution in [-0.2, 0) is 11.2 Å². The Labute approximate surface area is 118 Å². The van der Waals surface area contributed by atoms with E-state index in [2.05, 4.69) is 5.32 Å². The number of carbonyl (C=O) groups is 1. The van der Waals surface area contributed by atoms with E-state index in [4.69, 9.17) is 22.7 Å². The lowest BCUT2D eigenvalue weighted by Crippen LogP contribution is -2.31. The van der Waals surface area contributed by atoms with Gasteiger partial charge in [0.15, 0.2) is 0 Å². The fourth-order valence-corrected chi connectivity index (χ4v) is 2.26. The number of carbonyl (C=O) groups excluding carboxylic acids is 1. The molecule has 1 heterocycles. The molecule has 0 radical (unpaired) electrons. The first kappa shape index (κ1) is 14.0. The molecule has 0 spiro atoms. The number of nitrogens with two attached hydrogens (primary N) is 1. The Morgan fingerprint density at radius 1 is 1.42 bits per heavy atom. The van der Waals surface area contributed by atoms with Gasteiger partial charge in [-0.05, 0) is 30.5 Å². The standard InChI is InChI=1S/C14H18N2O2S/c15-13(19)8-10-3-5-11(6-4-10)14(17)16-9-12-2-1-7-18-12/h3-6,12H,1-2,7-9H2,(H2,15,19)(H,16,17). The van der Waals surface area contributed by atoms with Crippen molar-refractivity contribution in [2.75, 3.05) is 13.2 Å². The molecule has 0 aromatic heterocycles. The fourth-order valence-electron chi connectivity index (χ4n) is 2.09. The van der Waals surface area contributed by atoms with Crippen LogP contribution in [-0.4, -0.2) is 30.2 Å². The minimum Gasteiger partial charge on any atom is -0.393 e. The first-order valence-corrected chi connectivity index (χ1v) is 6.83. The summed E-state index contributed by atoms with van der Waals surface area (Å²) in [6, 6.07) is 7.33. The van der Waals surface area contributed by atoms with Crippen LogP contribution in [0, 0.1) is 0 Å². The molecule has 5 heteroatoms. The lowest BCUT2D eigenvalue weighted by Gasteiger charge is -2.11. The van der Waals surface area contributed by atoms with Crippen molar-refractivity contribution < 1.29 is 9.53 Å². The van der Waals surface area contributed by atoms with Crippen LogP contribution in [0.3, 0.4) is 0 Å². The molecule has 4 nitrogen and oxygen atoms in total. The predicted octanol–water partition coefficient (Wildman–Crippen LogP) is 1.42. The molecule has 19 heavy (non-hydrogen) atoms. The van der Waals surface area contributed by atoms with E-state index in [1.165, 1.54) is 0 Å². The van der Waals surface area contributed by atoms with Gasteiger partial charge in [0, 0.05) is 25.1 Å². The summed E-state index contributed by atoms with van der Waals surface area (Å²) in [5.74, 6) is -0.0719. The summed E-state index contributed by atoms with van der Waals surface area (Å²) < 4.78 is 5.46. The SMILES string of the molecule is NC(=S)Cc1ccc(C(=O)NCC2CCCO2)cc1. The molecule has 1 aliphatic rings. The zero-order valence-electron chi connectivity index (χ0n) is 10.7. The van der Waals surface area contributed by atoms with Crippen LogP contribution in [0.15, 0.2) is 24.3 Å². The minimum absolute atomic E-state index is 0.0719. The molecular formula is C14H18N2O2S. The number of ether oxygens (including phenoxy) is 1. The van der Waals surface area contributed by atoms with E-state index >= 15 is 0 Å². The number of benzene rings is 1. The fraction of sp³-hybridized carbons (Fsp3) is 0.429. The highest BCUT2D eigenvalue weighted by atomic mass is 32.1. The number of hydrogen-bond acceptors (Lipinski definition) is 3. The molecule has 0 aliphatic carbocycles. The van der Waals surface area contributed by atoms with Gasteiger partial charge in [-0.15, -0.1) is 0 Å². The van der Waals surface area contributed by atoms with Gasteiger partial charge in [-0.3, -0.25) is 4.79 Å². The van der Waals surface area contributed by atoms with Gasteiger partial charge in [-0.2, -0.15) is 0 Å². The maximum absolute atomic E-state index is 11.9. The summed E-state index contributed by atoms with van der Waals surface area (Å²) in [5.41, 5.74) is 7.14. The van der Waals surface area contributed by atoms with Gasteiger partial charge in [-0.25, -0.2) is 0 Å². The van der Waals surface area contributed by atoms with E-state index in [0.717, 1.165) is 25.0 Å². The molecule has 1 aromatic carbocycles. The molecule has 1 fully saturated rings. The monoisotopic (exact) mass is 278 g/mol. The van der Waals surface area contributed by atoms with Crippen LogP contribution in [0.25, 0.3) is 0 Å². The number of hydrogen-bond donors (Lipinski definition) is 2. The maximum Gasteiger partial charge on any atom is 0.251 e. The van der Waals surface area contributed by atoms with Crippen molar-refractivity contribution in [2.45, 2.75) is 25.4 Å². The minimum atomic E-state index is -0.0719. The molecule has 2 rings (SSSR count). The van der Waals surface area contributed by atoms with Crippen molar-refractivity contribution in [3.63, 3.8) is 0 Å². The third-order valence-corrected chi connectivity index (χ3v) is 3.25. The molecule has 1 saturated heterocycles. The van der Waals surface area contributed by atoms with Crippen molar-refractivity contribution >= 4 is 23.1 Å². The van der Waals surface area contributed by atoms with Crippen LogP contribution in [0.4, 0.5) is 0 Å². The number of thiocarbonyl (C=S) groups is 1. The quantitative estimate of drug-likeness (QED) is 0.800. The first-order chi connectivity index (χ1) is 9.15. The maximum atomic E-state index is 11.9. The highest BCUT2D eigenvalue weighted by Crippen LogP contribution is 2.11. The summed E-state index contributed by atoms with van der Waals surface area (Å²) in [5, 5.41) is 2.89. The van der Waals surface area contributed by atoms with Gasteiger partial charge in [0.2, 0.25) is 0 Å². The molecule has 1 unspecified atom stereocenters. The van der Waals surface area contributed by atoms with Crippen molar-refractivity contribution in [2.24, 2.45) is 5.73 Å². The van der Waals surface area contributed by atoms with Gasteiger partial charge in [-0.1, -0.05) is 24.4 Å². The zero-order valence-corrected chi connectivity index (χ0v) is 11.5. The Morgan fingerprint density at radius 2 is 2.16 bits per heavy atom. The second kappa shape index (κ2) is 6.63. The van der Waals surface area contributed by atoms with E-state index in [9.17, 15) is 4.79 Å². The van der Waals surface area contributed by atoms with E-state index in [-0.39, 0.29) is 12.0 Å².